The minimum atomic E-state index is -0.0839. The van der Waals surface area contributed by atoms with Crippen LogP contribution in [-0.2, 0) is 11.2 Å². The van der Waals surface area contributed by atoms with Gasteiger partial charge in [0.15, 0.2) is 5.13 Å². The van der Waals surface area contributed by atoms with Crippen LogP contribution < -0.4 is 5.32 Å². The van der Waals surface area contributed by atoms with Crippen molar-refractivity contribution in [1.82, 2.24) is 4.98 Å². The number of nitrogens with zero attached hydrogens (tertiary/aromatic N) is 1. The second-order valence-corrected chi connectivity index (χ2v) is 7.90. The first-order valence-electron chi connectivity index (χ1n) is 8.55. The average Bonchev–Trinajstić information content (AvgIpc) is 3.12. The minimum absolute atomic E-state index is 0.0839. The summed E-state index contributed by atoms with van der Waals surface area (Å²) in [4.78, 5) is 17.1. The van der Waals surface area contributed by atoms with Crippen molar-refractivity contribution in [3.8, 4) is 0 Å². The summed E-state index contributed by atoms with van der Waals surface area (Å²) >= 11 is 1.51. The fourth-order valence-corrected chi connectivity index (χ4v) is 4.29. The Labute approximate surface area is 155 Å². The molecule has 26 heavy (non-hydrogen) atoms. The lowest BCUT2D eigenvalue weighted by atomic mass is 10.0. The molecule has 0 aliphatic heterocycles. The van der Waals surface area contributed by atoms with E-state index in [1.807, 2.05) is 13.0 Å². The van der Waals surface area contributed by atoms with Gasteiger partial charge in [-0.3, -0.25) is 4.79 Å². The predicted molar refractivity (Wildman–Crippen MR) is 107 cm³/mol. The van der Waals surface area contributed by atoms with Gasteiger partial charge in [0.1, 0.15) is 5.58 Å². The molecule has 1 amide bonds. The smallest absolute Gasteiger partial charge is 0.230 e. The number of rotatable bonds is 3. The number of aromatic nitrogens is 1. The molecule has 0 fully saturated rings. The summed E-state index contributed by atoms with van der Waals surface area (Å²) in [6.07, 6.45) is 1.94. The number of hydrogen-bond acceptors (Lipinski definition) is 4. The van der Waals surface area contributed by atoms with Gasteiger partial charge in [-0.1, -0.05) is 17.4 Å². The molecule has 132 valence electrons. The molecule has 4 aromatic rings. The van der Waals surface area contributed by atoms with Crippen LogP contribution in [0.2, 0.25) is 0 Å². The highest BCUT2D eigenvalue weighted by Gasteiger charge is 2.14. The van der Waals surface area contributed by atoms with Gasteiger partial charge in [-0.05, 0) is 68.1 Å². The van der Waals surface area contributed by atoms with Gasteiger partial charge in [-0.15, -0.1) is 0 Å². The van der Waals surface area contributed by atoms with Crippen LogP contribution in [0, 0.1) is 27.7 Å². The quantitative estimate of drug-likeness (QED) is 0.525. The summed E-state index contributed by atoms with van der Waals surface area (Å²) in [5.41, 5.74) is 7.38. The highest BCUT2D eigenvalue weighted by atomic mass is 32.1. The molecule has 0 aliphatic rings. The molecule has 2 aromatic carbocycles. The van der Waals surface area contributed by atoms with Crippen LogP contribution in [0.3, 0.4) is 0 Å². The van der Waals surface area contributed by atoms with E-state index in [4.69, 9.17) is 4.42 Å². The fraction of sp³-hybridized carbons (Fsp3) is 0.238. The molecule has 0 aliphatic carbocycles. The Morgan fingerprint density at radius 2 is 1.85 bits per heavy atom. The van der Waals surface area contributed by atoms with Crippen LogP contribution in [0.1, 0.15) is 27.8 Å². The van der Waals surface area contributed by atoms with Crippen molar-refractivity contribution < 1.29 is 9.21 Å². The van der Waals surface area contributed by atoms with Crippen molar-refractivity contribution in [1.29, 1.82) is 0 Å². The summed E-state index contributed by atoms with van der Waals surface area (Å²) in [5.74, 6) is -0.0839. The highest BCUT2D eigenvalue weighted by Crippen LogP contribution is 2.30. The SMILES string of the molecule is Cc1cc(C)c2nc(NC(=O)Cc3coc4cc(C)c(C)cc34)sc2c1. The fourth-order valence-electron chi connectivity index (χ4n) is 3.23. The van der Waals surface area contributed by atoms with Crippen molar-refractivity contribution >= 4 is 43.6 Å². The van der Waals surface area contributed by atoms with Gasteiger partial charge in [0, 0.05) is 10.9 Å². The van der Waals surface area contributed by atoms with E-state index in [1.54, 1.807) is 6.26 Å². The molecule has 0 bridgehead atoms. The number of aryl methyl sites for hydroxylation is 4. The molecule has 2 heterocycles. The van der Waals surface area contributed by atoms with Crippen molar-refractivity contribution in [2.45, 2.75) is 34.1 Å². The lowest BCUT2D eigenvalue weighted by molar-refractivity contribution is -0.115. The number of thiazole rings is 1. The first kappa shape index (κ1) is 16.8. The van der Waals surface area contributed by atoms with E-state index in [1.165, 1.54) is 28.0 Å². The van der Waals surface area contributed by atoms with Crippen LogP contribution in [-0.4, -0.2) is 10.9 Å². The van der Waals surface area contributed by atoms with Crippen LogP contribution in [0.5, 0.6) is 0 Å². The van der Waals surface area contributed by atoms with E-state index in [0.717, 1.165) is 32.3 Å². The molecular formula is C21H20N2O2S. The lowest BCUT2D eigenvalue weighted by Gasteiger charge is -2.02. The number of benzene rings is 2. The Kier molecular flexibility index (Phi) is 4.04. The maximum Gasteiger partial charge on any atom is 0.230 e. The standard InChI is InChI=1S/C21H20N2O2S/c1-11-5-14(4)20-18(6-11)26-21(23-20)22-19(24)9-15-10-25-17-8-13(3)12(2)7-16(15)17/h5-8,10H,9H2,1-4H3,(H,22,23,24). The summed E-state index contributed by atoms with van der Waals surface area (Å²) in [5, 5.41) is 4.57. The number of hydrogen-bond donors (Lipinski definition) is 1. The largest absolute Gasteiger partial charge is 0.464 e. The Hall–Kier alpha value is -2.66. The topological polar surface area (TPSA) is 55.1 Å². The van der Waals surface area contributed by atoms with Crippen molar-refractivity contribution in [2.24, 2.45) is 0 Å². The van der Waals surface area contributed by atoms with E-state index in [2.05, 4.69) is 49.3 Å². The molecule has 4 rings (SSSR count). The summed E-state index contributed by atoms with van der Waals surface area (Å²) in [6.45, 7) is 8.23. The second-order valence-electron chi connectivity index (χ2n) is 6.87. The van der Waals surface area contributed by atoms with Crippen LogP contribution in [0.4, 0.5) is 5.13 Å². The molecular weight excluding hydrogens is 344 g/mol. The van der Waals surface area contributed by atoms with Crippen molar-refractivity contribution in [3.63, 3.8) is 0 Å². The van der Waals surface area contributed by atoms with Gasteiger partial charge >= 0.3 is 0 Å². The number of amides is 1. The molecule has 0 saturated carbocycles. The normalized spacial score (nSPS) is 11.4. The molecule has 0 radical (unpaired) electrons. The third-order valence-electron chi connectivity index (χ3n) is 4.70. The van der Waals surface area contributed by atoms with Gasteiger partial charge in [-0.2, -0.15) is 0 Å². The third-order valence-corrected chi connectivity index (χ3v) is 5.62. The Morgan fingerprint density at radius 3 is 2.65 bits per heavy atom. The van der Waals surface area contributed by atoms with E-state index in [9.17, 15) is 4.79 Å². The number of anilines is 1. The molecule has 0 unspecified atom stereocenters. The van der Waals surface area contributed by atoms with E-state index in [0.29, 0.717) is 5.13 Å². The van der Waals surface area contributed by atoms with Crippen LogP contribution >= 0.6 is 11.3 Å². The minimum Gasteiger partial charge on any atom is -0.464 e. The summed E-state index contributed by atoms with van der Waals surface area (Å²) < 4.78 is 6.71. The molecule has 0 atom stereocenters. The predicted octanol–water partition coefficient (Wildman–Crippen LogP) is 5.46. The van der Waals surface area contributed by atoms with E-state index < -0.39 is 0 Å². The first-order valence-corrected chi connectivity index (χ1v) is 9.37. The molecule has 5 heteroatoms. The zero-order valence-corrected chi connectivity index (χ0v) is 16.1. The first-order chi connectivity index (χ1) is 12.4. The summed E-state index contributed by atoms with van der Waals surface area (Å²) in [7, 11) is 0. The van der Waals surface area contributed by atoms with E-state index >= 15 is 0 Å². The molecule has 4 nitrogen and oxygen atoms in total. The summed E-state index contributed by atoms with van der Waals surface area (Å²) in [6, 6.07) is 8.31. The number of carbonyl (C=O) groups excluding carboxylic acids is 1. The van der Waals surface area contributed by atoms with Crippen molar-refractivity contribution in [3.05, 3.63) is 58.3 Å². The number of fused-ring (bicyclic) bond motifs is 2. The lowest BCUT2D eigenvalue weighted by Crippen LogP contribution is -2.13. The van der Waals surface area contributed by atoms with E-state index in [-0.39, 0.29) is 12.3 Å². The molecule has 0 saturated heterocycles. The highest BCUT2D eigenvalue weighted by molar-refractivity contribution is 7.22. The Morgan fingerprint density at radius 1 is 1.08 bits per heavy atom. The van der Waals surface area contributed by atoms with Gasteiger partial charge in [0.05, 0.1) is 22.9 Å². The third kappa shape index (κ3) is 2.99. The maximum atomic E-state index is 12.5. The monoisotopic (exact) mass is 364 g/mol. The number of furan rings is 1. The maximum absolute atomic E-state index is 12.5. The Balaban J connectivity index is 1.58. The van der Waals surface area contributed by atoms with Gasteiger partial charge < -0.3 is 9.73 Å². The molecule has 0 spiro atoms. The second kappa shape index (κ2) is 6.25. The number of nitrogens with one attached hydrogen (secondary N) is 1. The Bertz CT molecular complexity index is 1150. The van der Waals surface area contributed by atoms with Gasteiger partial charge in [0.25, 0.3) is 0 Å². The average molecular weight is 364 g/mol. The molecule has 1 N–H and O–H groups in total. The van der Waals surface area contributed by atoms with Gasteiger partial charge in [-0.25, -0.2) is 4.98 Å². The van der Waals surface area contributed by atoms with Gasteiger partial charge in [0.2, 0.25) is 5.91 Å². The van der Waals surface area contributed by atoms with Crippen LogP contribution in [0.25, 0.3) is 21.2 Å². The zero-order valence-electron chi connectivity index (χ0n) is 15.3. The van der Waals surface area contributed by atoms with Crippen molar-refractivity contribution in [2.75, 3.05) is 5.32 Å². The zero-order chi connectivity index (χ0) is 18.4. The molecule has 2 aromatic heterocycles. The number of carbonyl (C=O) groups is 1. The van der Waals surface area contributed by atoms with Crippen LogP contribution in [0.15, 0.2) is 34.9 Å².